The van der Waals surface area contributed by atoms with Gasteiger partial charge in [0.25, 0.3) is 5.69 Å². The molecule has 0 saturated carbocycles. The molecule has 0 atom stereocenters. The first-order valence-corrected chi connectivity index (χ1v) is 6.60. The van der Waals surface area contributed by atoms with Gasteiger partial charge in [0.15, 0.2) is 0 Å². The molecular weight excluding hydrogens is 290 g/mol. The molecule has 2 aromatic carbocycles. The van der Waals surface area contributed by atoms with Gasteiger partial charge in [0, 0.05) is 18.6 Å². The number of hydrogen-bond acceptors (Lipinski definition) is 3. The number of hydrogen-bond donors (Lipinski definition) is 0. The maximum Gasteiger partial charge on any atom is 0.269 e. The first kappa shape index (κ1) is 15.6. The third kappa shape index (κ3) is 3.09. The Hall–Kier alpha value is -2.81. The predicted molar refractivity (Wildman–Crippen MR) is 76.4 cm³/mol. The number of nitro groups is 1. The third-order valence-electron chi connectivity index (χ3n) is 3.34. The van der Waals surface area contributed by atoms with Gasteiger partial charge in [-0.3, -0.25) is 10.1 Å². The van der Waals surface area contributed by atoms with E-state index in [9.17, 15) is 18.9 Å². The summed E-state index contributed by atoms with van der Waals surface area (Å²) in [6.45, 7) is 1.75. The van der Waals surface area contributed by atoms with Crippen LogP contribution in [0.25, 0.3) is 0 Å². The molecule has 0 spiro atoms. The van der Waals surface area contributed by atoms with E-state index in [1.165, 1.54) is 6.07 Å². The Bertz CT molecular complexity index is 782. The molecule has 0 N–H and O–H groups in total. The minimum absolute atomic E-state index is 0.0511. The van der Waals surface area contributed by atoms with Crippen molar-refractivity contribution in [2.45, 2.75) is 19.8 Å². The summed E-state index contributed by atoms with van der Waals surface area (Å²) in [7, 11) is 0. The van der Waals surface area contributed by atoms with Gasteiger partial charge in [-0.2, -0.15) is 5.26 Å². The highest BCUT2D eigenvalue weighted by molar-refractivity contribution is 5.43. The number of rotatable bonds is 4. The second-order valence-corrected chi connectivity index (χ2v) is 4.79. The molecule has 0 radical (unpaired) electrons. The number of halogens is 2. The maximum atomic E-state index is 13.9. The van der Waals surface area contributed by atoms with Crippen LogP contribution in [-0.4, -0.2) is 4.92 Å². The van der Waals surface area contributed by atoms with E-state index in [1.54, 1.807) is 19.1 Å². The molecule has 0 aliphatic heterocycles. The second-order valence-electron chi connectivity index (χ2n) is 4.79. The zero-order valence-electron chi connectivity index (χ0n) is 11.8. The monoisotopic (exact) mass is 302 g/mol. The molecule has 0 heterocycles. The van der Waals surface area contributed by atoms with Crippen LogP contribution < -0.4 is 0 Å². The average molecular weight is 302 g/mol. The number of benzene rings is 2. The lowest BCUT2D eigenvalue weighted by molar-refractivity contribution is -0.385. The molecule has 0 aliphatic rings. The normalized spacial score (nSPS) is 10.3. The largest absolute Gasteiger partial charge is 0.269 e. The first-order chi connectivity index (χ1) is 10.5. The van der Waals surface area contributed by atoms with E-state index >= 15 is 0 Å². The van der Waals surface area contributed by atoms with Crippen molar-refractivity contribution in [3.63, 3.8) is 0 Å². The Kier molecular flexibility index (Phi) is 4.47. The van der Waals surface area contributed by atoms with Gasteiger partial charge in [-0.25, -0.2) is 8.78 Å². The summed E-state index contributed by atoms with van der Waals surface area (Å²) >= 11 is 0. The molecule has 0 amide bonds. The van der Waals surface area contributed by atoms with E-state index in [4.69, 9.17) is 5.26 Å². The van der Waals surface area contributed by atoms with Crippen LogP contribution in [0.2, 0.25) is 0 Å². The molecule has 0 saturated heterocycles. The van der Waals surface area contributed by atoms with Crippen LogP contribution >= 0.6 is 0 Å². The van der Waals surface area contributed by atoms with Gasteiger partial charge in [0.05, 0.1) is 10.5 Å². The second kappa shape index (κ2) is 6.31. The molecule has 112 valence electrons. The SMILES string of the molecule is CCc1cc(Cc2cc([N+](=O)[O-])ccc2F)cc(C#N)c1F. The molecule has 0 fully saturated rings. The summed E-state index contributed by atoms with van der Waals surface area (Å²) in [5, 5.41) is 19.7. The van der Waals surface area contributed by atoms with Crippen molar-refractivity contribution in [1.29, 1.82) is 5.26 Å². The maximum absolute atomic E-state index is 13.9. The molecule has 22 heavy (non-hydrogen) atoms. The van der Waals surface area contributed by atoms with E-state index < -0.39 is 16.6 Å². The van der Waals surface area contributed by atoms with Gasteiger partial charge < -0.3 is 0 Å². The van der Waals surface area contributed by atoms with Crippen molar-refractivity contribution in [2.75, 3.05) is 0 Å². The topological polar surface area (TPSA) is 66.9 Å². The van der Waals surface area contributed by atoms with Gasteiger partial charge in [-0.15, -0.1) is 0 Å². The molecule has 0 bridgehead atoms. The fourth-order valence-corrected chi connectivity index (χ4v) is 2.22. The van der Waals surface area contributed by atoms with Crippen molar-refractivity contribution < 1.29 is 13.7 Å². The number of aryl methyl sites for hydroxylation is 1. The summed E-state index contributed by atoms with van der Waals surface area (Å²) in [5.74, 6) is -1.15. The van der Waals surface area contributed by atoms with Crippen molar-refractivity contribution in [1.82, 2.24) is 0 Å². The standard InChI is InChI=1S/C16H12F2N2O2/c1-2-11-5-10(7-13(9-19)16(11)18)6-12-8-14(20(21)22)3-4-15(12)17/h3-5,7-8H,2,6H2,1H3. The van der Waals surface area contributed by atoms with Gasteiger partial charge in [0.1, 0.15) is 17.7 Å². The summed E-state index contributed by atoms with van der Waals surface area (Å²) < 4.78 is 27.7. The Morgan fingerprint density at radius 2 is 1.95 bits per heavy atom. The number of non-ortho nitro benzene ring substituents is 1. The van der Waals surface area contributed by atoms with Crippen molar-refractivity contribution in [3.8, 4) is 6.07 Å². The fraction of sp³-hybridized carbons (Fsp3) is 0.188. The molecule has 4 nitrogen and oxygen atoms in total. The molecule has 2 aromatic rings. The lowest BCUT2D eigenvalue weighted by Gasteiger charge is -2.08. The molecule has 0 aromatic heterocycles. The number of nitro benzene ring substituents is 1. The smallest absolute Gasteiger partial charge is 0.258 e. The molecule has 2 rings (SSSR count). The van der Waals surface area contributed by atoms with Crippen LogP contribution in [-0.2, 0) is 12.8 Å². The van der Waals surface area contributed by atoms with Crippen molar-refractivity contribution in [3.05, 3.63) is 74.3 Å². The van der Waals surface area contributed by atoms with Gasteiger partial charge >= 0.3 is 0 Å². The highest BCUT2D eigenvalue weighted by Crippen LogP contribution is 2.23. The zero-order chi connectivity index (χ0) is 16.3. The van der Waals surface area contributed by atoms with Gasteiger partial charge in [-0.1, -0.05) is 13.0 Å². The van der Waals surface area contributed by atoms with Crippen LogP contribution in [0.15, 0.2) is 30.3 Å². The first-order valence-electron chi connectivity index (χ1n) is 6.60. The quantitative estimate of drug-likeness (QED) is 0.635. The fourth-order valence-electron chi connectivity index (χ4n) is 2.22. The van der Waals surface area contributed by atoms with E-state index in [1.807, 2.05) is 0 Å². The van der Waals surface area contributed by atoms with Crippen LogP contribution in [0.1, 0.15) is 29.2 Å². The summed E-state index contributed by atoms with van der Waals surface area (Å²) in [6.07, 6.45) is 0.446. The van der Waals surface area contributed by atoms with Crippen molar-refractivity contribution >= 4 is 5.69 Å². The van der Waals surface area contributed by atoms with E-state index in [2.05, 4.69) is 0 Å². The summed E-state index contributed by atoms with van der Waals surface area (Å²) in [4.78, 5) is 10.1. The number of nitriles is 1. The van der Waals surface area contributed by atoms with Crippen LogP contribution in [0.5, 0.6) is 0 Å². The van der Waals surface area contributed by atoms with Crippen LogP contribution in [0.3, 0.4) is 0 Å². The van der Waals surface area contributed by atoms with E-state index in [0.717, 1.165) is 18.2 Å². The van der Waals surface area contributed by atoms with Gasteiger partial charge in [-0.05, 0) is 35.2 Å². The minimum atomic E-state index is -0.605. The van der Waals surface area contributed by atoms with Crippen molar-refractivity contribution in [2.24, 2.45) is 0 Å². The Morgan fingerprint density at radius 3 is 2.55 bits per heavy atom. The Morgan fingerprint density at radius 1 is 1.23 bits per heavy atom. The highest BCUT2D eigenvalue weighted by atomic mass is 19.1. The minimum Gasteiger partial charge on any atom is -0.258 e. The third-order valence-corrected chi connectivity index (χ3v) is 3.34. The molecule has 0 aliphatic carbocycles. The predicted octanol–water partition coefficient (Wildman–Crippen LogP) is 3.90. The zero-order valence-corrected chi connectivity index (χ0v) is 11.8. The van der Waals surface area contributed by atoms with Gasteiger partial charge in [0.2, 0.25) is 0 Å². The van der Waals surface area contributed by atoms with Crippen LogP contribution in [0.4, 0.5) is 14.5 Å². The Labute approximate surface area is 125 Å². The lowest BCUT2D eigenvalue weighted by Crippen LogP contribution is -2.00. The van der Waals surface area contributed by atoms with Crippen LogP contribution in [0, 0.1) is 33.1 Å². The number of nitrogens with zero attached hydrogens (tertiary/aromatic N) is 2. The summed E-state index contributed by atoms with van der Waals surface area (Å²) in [5.41, 5.74) is 0.704. The molecular formula is C16H12F2N2O2. The van der Waals surface area contributed by atoms with E-state index in [-0.39, 0.29) is 23.2 Å². The average Bonchev–Trinajstić information content (AvgIpc) is 2.50. The Balaban J connectivity index is 2.45. The molecule has 6 heteroatoms. The lowest BCUT2D eigenvalue weighted by atomic mass is 9.98. The molecule has 0 unspecified atom stereocenters. The van der Waals surface area contributed by atoms with E-state index in [0.29, 0.717) is 17.5 Å². The highest BCUT2D eigenvalue weighted by Gasteiger charge is 2.14. The summed E-state index contributed by atoms with van der Waals surface area (Å²) in [6, 6.07) is 7.92.